The Balaban J connectivity index is 3.32. The zero-order valence-electron chi connectivity index (χ0n) is 3.21. The van der Waals surface area contributed by atoms with E-state index < -0.39 is 20.7 Å². The van der Waals surface area contributed by atoms with Gasteiger partial charge in [0, 0.05) is 0 Å². The van der Waals surface area contributed by atoms with Crippen molar-refractivity contribution in [2.75, 3.05) is 0 Å². The van der Waals surface area contributed by atoms with Gasteiger partial charge in [-0.3, -0.25) is 0 Å². The molecule has 7 heavy (non-hydrogen) atoms. The van der Waals surface area contributed by atoms with Crippen LogP contribution >= 0.6 is 0 Å². The average Bonchev–Trinajstić information content (AvgIpc) is 1.27. The van der Waals surface area contributed by atoms with Crippen LogP contribution in [0.15, 0.2) is 0 Å². The molecule has 0 aliphatic carbocycles. The summed E-state index contributed by atoms with van der Waals surface area (Å²) in [6.45, 7) is 0. The van der Waals surface area contributed by atoms with Crippen molar-refractivity contribution in [3.63, 3.8) is 0 Å². The van der Waals surface area contributed by atoms with Crippen molar-refractivity contribution in [2.45, 2.75) is 0 Å². The van der Waals surface area contributed by atoms with E-state index in [9.17, 15) is 12.8 Å². The zero-order chi connectivity index (χ0) is 5.86. The van der Waals surface area contributed by atoms with E-state index in [2.05, 4.69) is 5.73 Å². The SMILES string of the molecule is NC(=O)[NH][Cr](=[O])[O-]. The van der Waals surface area contributed by atoms with Gasteiger partial charge in [0.2, 0.25) is 0 Å². The van der Waals surface area contributed by atoms with Crippen LogP contribution in [0.3, 0.4) is 0 Å². The first-order valence-electron chi connectivity index (χ1n) is 1.28. The van der Waals surface area contributed by atoms with Crippen LogP contribution in [0.4, 0.5) is 4.79 Å². The minimum atomic E-state index is -3.34. The van der Waals surface area contributed by atoms with Crippen LogP contribution in [0.2, 0.25) is 0 Å². The molecule has 0 aliphatic heterocycles. The first-order chi connectivity index (χ1) is 3.13. The van der Waals surface area contributed by atoms with Crippen molar-refractivity contribution in [3.05, 3.63) is 0 Å². The predicted molar refractivity (Wildman–Crippen MR) is 13.4 cm³/mol. The van der Waals surface area contributed by atoms with Crippen molar-refractivity contribution in [1.82, 2.24) is 4.30 Å². The van der Waals surface area contributed by atoms with Gasteiger partial charge in [-0.05, 0) is 0 Å². The van der Waals surface area contributed by atoms with E-state index >= 15 is 0 Å². The van der Waals surface area contributed by atoms with E-state index in [4.69, 9.17) is 0 Å². The Bertz CT molecular complexity index is 89.1. The number of nitrogens with one attached hydrogen (secondary N) is 1. The normalized spacial score (nSPS) is 8.86. The summed E-state index contributed by atoms with van der Waals surface area (Å²) in [6.07, 6.45) is 0. The summed E-state index contributed by atoms with van der Waals surface area (Å²) in [5, 5.41) is 0. The molecule has 3 N–H and O–H groups in total. The van der Waals surface area contributed by atoms with Crippen LogP contribution in [-0.4, -0.2) is 6.03 Å². The van der Waals surface area contributed by atoms with Gasteiger partial charge in [-0.1, -0.05) is 0 Å². The van der Waals surface area contributed by atoms with Crippen LogP contribution in [-0.2, 0) is 18.4 Å². The number of carbonyl (C=O) groups is 1. The molecule has 0 aromatic carbocycles. The Hall–Kier alpha value is -0.438. The number of amides is 2. The van der Waals surface area contributed by atoms with Crippen molar-refractivity contribution in [2.24, 2.45) is 5.73 Å². The molecule has 0 heterocycles. The summed E-state index contributed by atoms with van der Waals surface area (Å²) in [7, 11) is 0. The van der Waals surface area contributed by atoms with E-state index in [1.807, 2.05) is 0 Å². The summed E-state index contributed by atoms with van der Waals surface area (Å²) < 4.78 is 20.4. The quantitative estimate of drug-likeness (QED) is 0.436. The molecule has 5 nitrogen and oxygen atoms in total. The summed E-state index contributed by atoms with van der Waals surface area (Å²) in [4.78, 5) is 9.55. The maximum absolute atomic E-state index is 9.55. The molecule has 0 rings (SSSR count). The molecule has 6 heteroatoms. The molecule has 0 unspecified atom stereocenters. The summed E-state index contributed by atoms with van der Waals surface area (Å²) in [5.41, 5.74) is 4.37. The van der Waals surface area contributed by atoms with Crippen LogP contribution < -0.4 is 14.2 Å². The van der Waals surface area contributed by atoms with Crippen molar-refractivity contribution >= 4 is 6.03 Å². The fraction of sp³-hybridized carbons (Fsp3) is 0. The van der Waals surface area contributed by atoms with Crippen molar-refractivity contribution in [1.29, 1.82) is 0 Å². The second kappa shape index (κ2) is 2.69. The molecule has 42 valence electrons. The molecule has 0 fully saturated rings. The van der Waals surface area contributed by atoms with Crippen LogP contribution in [0, 0.1) is 0 Å². The molecular weight excluding hydrogens is 140 g/mol. The van der Waals surface area contributed by atoms with E-state index in [0.717, 1.165) is 0 Å². The van der Waals surface area contributed by atoms with Gasteiger partial charge in [0.25, 0.3) is 0 Å². The molecular formula is CH3CrN2O3-. The summed E-state index contributed by atoms with van der Waals surface area (Å²) in [6, 6.07) is -1.03. The first-order valence-corrected chi connectivity index (χ1v) is 2.96. The van der Waals surface area contributed by atoms with Gasteiger partial charge in [0.05, 0.1) is 0 Å². The maximum atomic E-state index is 9.55. The minimum absolute atomic E-state index is 1.03. The second-order valence-corrected chi connectivity index (χ2v) is 1.75. The average molecular weight is 143 g/mol. The zero-order valence-corrected chi connectivity index (χ0v) is 4.49. The van der Waals surface area contributed by atoms with E-state index in [1.165, 1.54) is 4.30 Å². The number of hydrogen-bond acceptors (Lipinski definition) is 3. The van der Waals surface area contributed by atoms with Gasteiger partial charge in [-0.25, -0.2) is 0 Å². The molecule has 0 spiro atoms. The molecule has 2 amide bonds. The van der Waals surface area contributed by atoms with Crippen molar-refractivity contribution in [3.8, 4) is 0 Å². The Kier molecular flexibility index (Phi) is 2.52. The molecule has 0 atom stereocenters. The van der Waals surface area contributed by atoms with Gasteiger partial charge in [-0.2, -0.15) is 0 Å². The van der Waals surface area contributed by atoms with Gasteiger partial charge >= 0.3 is 43.5 Å². The van der Waals surface area contributed by atoms with Crippen molar-refractivity contribution < 1.29 is 27.4 Å². The fourth-order valence-corrected chi connectivity index (χ4v) is 0.339. The van der Waals surface area contributed by atoms with Gasteiger partial charge < -0.3 is 0 Å². The summed E-state index contributed by atoms with van der Waals surface area (Å²) >= 11 is -3.34. The number of carbonyl (C=O) groups excluding carboxylic acids is 1. The number of hydrogen-bond donors (Lipinski definition) is 2. The fourth-order valence-electron chi connectivity index (χ4n) is 0.0821. The summed E-state index contributed by atoms with van der Waals surface area (Å²) in [5.74, 6) is 0. The van der Waals surface area contributed by atoms with E-state index in [1.54, 1.807) is 0 Å². The van der Waals surface area contributed by atoms with E-state index in [0.29, 0.717) is 0 Å². The number of primary amides is 1. The van der Waals surface area contributed by atoms with Gasteiger partial charge in [0.1, 0.15) is 0 Å². The molecule has 0 aromatic heterocycles. The van der Waals surface area contributed by atoms with Crippen LogP contribution in [0.1, 0.15) is 0 Å². The second-order valence-electron chi connectivity index (χ2n) is 0.701. The predicted octanol–water partition coefficient (Wildman–Crippen LogP) is -2.19. The molecule has 0 bridgehead atoms. The first kappa shape index (κ1) is 6.56. The standard InChI is InChI=1S/CH4N2O.Cr.2O/c2-1(3)4;;;/h(H4,2,3,4);;;/q;+1;;-1/p-1. The Morgan fingerprint density at radius 2 is 2.29 bits per heavy atom. The van der Waals surface area contributed by atoms with Crippen LogP contribution in [0.5, 0.6) is 0 Å². The Morgan fingerprint density at radius 3 is 2.29 bits per heavy atom. The topological polar surface area (TPSA) is 95.2 Å². The molecule has 0 aliphatic rings. The molecule has 0 radical (unpaired) electrons. The third kappa shape index (κ3) is 5.56. The Morgan fingerprint density at radius 1 is 1.86 bits per heavy atom. The third-order valence-electron chi connectivity index (χ3n) is 0.184. The number of nitrogens with two attached hydrogens (primary N) is 1. The van der Waals surface area contributed by atoms with Gasteiger partial charge in [0.15, 0.2) is 0 Å². The number of rotatable bonds is 1. The molecule has 0 aromatic rings. The molecule has 0 saturated carbocycles. The third-order valence-corrected chi connectivity index (χ3v) is 0.758. The van der Waals surface area contributed by atoms with E-state index in [-0.39, 0.29) is 0 Å². The molecule has 0 saturated heterocycles. The van der Waals surface area contributed by atoms with Crippen LogP contribution in [0.25, 0.3) is 0 Å². The van der Waals surface area contributed by atoms with Gasteiger partial charge in [-0.15, -0.1) is 0 Å². The Labute approximate surface area is 44.3 Å². The monoisotopic (exact) mass is 143 g/mol. The number of urea groups is 1.